The number of anilines is 2. The molecule has 0 atom stereocenters. The van der Waals surface area contributed by atoms with E-state index in [2.05, 4.69) is 37.9 Å². The number of hydrogen-bond donors (Lipinski definition) is 2. The smallest absolute Gasteiger partial charge is 0.411 e. The Labute approximate surface area is 146 Å². The fourth-order valence-electron chi connectivity index (χ4n) is 2.20. The Bertz CT molecular complexity index is 460. The van der Waals surface area contributed by atoms with Crippen LogP contribution in [0, 0.1) is 11.8 Å². The van der Waals surface area contributed by atoms with Crippen LogP contribution in [-0.2, 0) is 4.74 Å². The quantitative estimate of drug-likeness (QED) is 0.629. The molecule has 0 aromatic heterocycles. The van der Waals surface area contributed by atoms with E-state index < -0.39 is 6.09 Å². The fraction of sp³-hybridized carbons (Fsp3) is 0.632. The molecule has 0 aliphatic rings. The summed E-state index contributed by atoms with van der Waals surface area (Å²) in [6, 6.07) is 7.01. The summed E-state index contributed by atoms with van der Waals surface area (Å²) in [7, 11) is 0. The summed E-state index contributed by atoms with van der Waals surface area (Å²) < 4.78 is 5.30. The fourth-order valence-corrected chi connectivity index (χ4v) is 2.20. The number of nitrogen functional groups attached to an aromatic ring is 1. The Balaban J connectivity index is 2.33. The van der Waals surface area contributed by atoms with E-state index >= 15 is 0 Å². The second kappa shape index (κ2) is 10.9. The molecule has 5 heteroatoms. The number of ether oxygens (including phenoxy) is 1. The first kappa shape index (κ1) is 20.3. The Morgan fingerprint density at radius 3 is 2.08 bits per heavy atom. The summed E-state index contributed by atoms with van der Waals surface area (Å²) in [5.74, 6) is 1.36. The van der Waals surface area contributed by atoms with Gasteiger partial charge in [-0.2, -0.15) is 0 Å². The summed E-state index contributed by atoms with van der Waals surface area (Å²) in [4.78, 5) is 14.2. The van der Waals surface area contributed by atoms with E-state index in [0.29, 0.717) is 29.8 Å². The van der Waals surface area contributed by atoms with Gasteiger partial charge in [0.25, 0.3) is 0 Å². The van der Waals surface area contributed by atoms with Crippen molar-refractivity contribution in [3.05, 3.63) is 24.3 Å². The minimum Gasteiger partial charge on any atom is -0.448 e. The number of nitrogens with two attached hydrogens (primary N) is 1. The van der Waals surface area contributed by atoms with Crippen molar-refractivity contribution in [3.63, 3.8) is 0 Å². The molecule has 1 rings (SSSR count). The van der Waals surface area contributed by atoms with Crippen LogP contribution in [0.2, 0.25) is 0 Å². The monoisotopic (exact) mass is 335 g/mol. The van der Waals surface area contributed by atoms with Crippen LogP contribution in [0.4, 0.5) is 16.2 Å². The molecule has 24 heavy (non-hydrogen) atoms. The average Bonchev–Trinajstić information content (AvgIpc) is 2.51. The number of carbonyl (C=O) groups is 1. The van der Waals surface area contributed by atoms with Gasteiger partial charge in [-0.3, -0.25) is 10.2 Å². The molecule has 1 aromatic rings. The van der Waals surface area contributed by atoms with E-state index in [-0.39, 0.29) is 0 Å². The zero-order valence-electron chi connectivity index (χ0n) is 15.5. The Morgan fingerprint density at radius 1 is 1.04 bits per heavy atom. The van der Waals surface area contributed by atoms with Gasteiger partial charge in [0.2, 0.25) is 0 Å². The number of amides is 1. The molecule has 5 nitrogen and oxygen atoms in total. The van der Waals surface area contributed by atoms with Gasteiger partial charge in [0, 0.05) is 17.9 Å². The van der Waals surface area contributed by atoms with E-state index in [4.69, 9.17) is 10.5 Å². The molecular weight excluding hydrogens is 302 g/mol. The highest BCUT2D eigenvalue weighted by atomic mass is 16.5. The molecule has 0 heterocycles. The summed E-state index contributed by atoms with van der Waals surface area (Å²) in [6.45, 7) is 12.2. The summed E-state index contributed by atoms with van der Waals surface area (Å²) in [6.07, 6.45) is 1.90. The van der Waals surface area contributed by atoms with Crippen LogP contribution in [0.3, 0.4) is 0 Å². The molecule has 0 bridgehead atoms. The molecule has 136 valence electrons. The van der Waals surface area contributed by atoms with Crippen LogP contribution in [0.1, 0.15) is 40.5 Å². The zero-order valence-corrected chi connectivity index (χ0v) is 15.5. The van der Waals surface area contributed by atoms with Gasteiger partial charge in [-0.05, 0) is 62.0 Å². The highest BCUT2D eigenvalue weighted by Crippen LogP contribution is 2.11. The minimum absolute atomic E-state index is 0.400. The topological polar surface area (TPSA) is 67.6 Å². The van der Waals surface area contributed by atoms with Gasteiger partial charge in [-0.1, -0.05) is 27.7 Å². The van der Waals surface area contributed by atoms with Gasteiger partial charge in [-0.25, -0.2) is 4.79 Å². The van der Waals surface area contributed by atoms with Gasteiger partial charge in [0.05, 0.1) is 0 Å². The third-order valence-electron chi connectivity index (χ3n) is 3.84. The molecule has 0 aliphatic heterocycles. The lowest BCUT2D eigenvalue weighted by molar-refractivity contribution is 0.135. The van der Waals surface area contributed by atoms with Crippen molar-refractivity contribution < 1.29 is 9.53 Å². The second-order valence-electron chi connectivity index (χ2n) is 7.09. The first-order valence-electron chi connectivity index (χ1n) is 8.88. The van der Waals surface area contributed by atoms with Gasteiger partial charge in [0.15, 0.2) is 0 Å². The lowest BCUT2D eigenvalue weighted by Crippen LogP contribution is -2.32. The number of benzene rings is 1. The molecule has 0 saturated carbocycles. The summed E-state index contributed by atoms with van der Waals surface area (Å²) >= 11 is 0. The van der Waals surface area contributed by atoms with Crippen molar-refractivity contribution in [2.75, 3.05) is 37.3 Å². The summed E-state index contributed by atoms with van der Waals surface area (Å²) in [5, 5.41) is 2.71. The van der Waals surface area contributed by atoms with Crippen molar-refractivity contribution >= 4 is 17.5 Å². The first-order valence-corrected chi connectivity index (χ1v) is 8.88. The van der Waals surface area contributed by atoms with Gasteiger partial charge >= 0.3 is 6.09 Å². The Kier molecular flexibility index (Phi) is 9.23. The van der Waals surface area contributed by atoms with Crippen LogP contribution in [0.5, 0.6) is 0 Å². The number of nitrogens with one attached hydrogen (secondary N) is 1. The largest absolute Gasteiger partial charge is 0.448 e. The standard InChI is InChI=1S/C19H33N3O2/c1-15(2)9-11-22(12-10-16(3)4)13-14-24-19(23)21-18-7-5-17(20)6-8-18/h5-8,15-16H,9-14,20H2,1-4H3,(H,21,23). The third kappa shape index (κ3) is 9.40. The molecule has 0 fully saturated rings. The van der Waals surface area contributed by atoms with Crippen molar-refractivity contribution in [3.8, 4) is 0 Å². The van der Waals surface area contributed by atoms with Crippen molar-refractivity contribution in [1.82, 2.24) is 4.90 Å². The molecular formula is C19H33N3O2. The van der Waals surface area contributed by atoms with Gasteiger partial charge < -0.3 is 10.5 Å². The Hall–Kier alpha value is -1.75. The van der Waals surface area contributed by atoms with E-state index in [1.165, 1.54) is 0 Å². The molecule has 0 radical (unpaired) electrons. The maximum absolute atomic E-state index is 11.8. The lowest BCUT2D eigenvalue weighted by Gasteiger charge is -2.24. The number of carbonyl (C=O) groups excluding carboxylic acids is 1. The van der Waals surface area contributed by atoms with E-state index in [9.17, 15) is 4.79 Å². The summed E-state index contributed by atoms with van der Waals surface area (Å²) in [5.41, 5.74) is 6.97. The van der Waals surface area contributed by atoms with Crippen molar-refractivity contribution in [2.24, 2.45) is 11.8 Å². The van der Waals surface area contributed by atoms with E-state index in [0.717, 1.165) is 32.5 Å². The number of nitrogens with zero attached hydrogens (tertiary/aromatic N) is 1. The number of rotatable bonds is 10. The normalized spacial score (nSPS) is 11.3. The third-order valence-corrected chi connectivity index (χ3v) is 3.84. The molecule has 1 amide bonds. The molecule has 0 aliphatic carbocycles. The van der Waals surface area contributed by atoms with Gasteiger partial charge in [0.1, 0.15) is 6.61 Å². The highest BCUT2D eigenvalue weighted by Gasteiger charge is 2.09. The molecule has 3 N–H and O–H groups in total. The van der Waals surface area contributed by atoms with Crippen LogP contribution >= 0.6 is 0 Å². The SMILES string of the molecule is CC(C)CCN(CCOC(=O)Nc1ccc(N)cc1)CCC(C)C. The van der Waals surface area contributed by atoms with Crippen LogP contribution in [0.25, 0.3) is 0 Å². The molecule has 0 spiro atoms. The number of hydrogen-bond acceptors (Lipinski definition) is 4. The van der Waals surface area contributed by atoms with Crippen LogP contribution in [0.15, 0.2) is 24.3 Å². The minimum atomic E-state index is -0.424. The van der Waals surface area contributed by atoms with E-state index in [1.807, 2.05) is 0 Å². The van der Waals surface area contributed by atoms with E-state index in [1.54, 1.807) is 24.3 Å². The van der Waals surface area contributed by atoms with Crippen molar-refractivity contribution in [2.45, 2.75) is 40.5 Å². The van der Waals surface area contributed by atoms with Crippen LogP contribution < -0.4 is 11.1 Å². The molecule has 1 aromatic carbocycles. The average molecular weight is 335 g/mol. The molecule has 0 saturated heterocycles. The van der Waals surface area contributed by atoms with Crippen LogP contribution in [-0.4, -0.2) is 37.2 Å². The predicted octanol–water partition coefficient (Wildman–Crippen LogP) is 4.21. The van der Waals surface area contributed by atoms with Crippen molar-refractivity contribution in [1.29, 1.82) is 0 Å². The van der Waals surface area contributed by atoms with Gasteiger partial charge in [-0.15, -0.1) is 0 Å². The maximum Gasteiger partial charge on any atom is 0.411 e. The first-order chi connectivity index (χ1) is 11.4. The Morgan fingerprint density at radius 2 is 1.58 bits per heavy atom. The highest BCUT2D eigenvalue weighted by molar-refractivity contribution is 5.84. The zero-order chi connectivity index (χ0) is 17.9. The predicted molar refractivity (Wildman–Crippen MR) is 101 cm³/mol. The molecule has 0 unspecified atom stereocenters. The second-order valence-corrected chi connectivity index (χ2v) is 7.09. The lowest BCUT2D eigenvalue weighted by atomic mass is 10.1. The maximum atomic E-state index is 11.8.